The van der Waals surface area contributed by atoms with Gasteiger partial charge in [-0.25, -0.2) is 13.2 Å². The number of hydrogen-bond acceptors (Lipinski definition) is 8. The number of piperazine rings is 1. The summed E-state index contributed by atoms with van der Waals surface area (Å²) in [5.41, 5.74) is -0.0272. The number of aromatic hydroxyl groups is 1. The minimum atomic E-state index is -0.712. The molecule has 3 saturated heterocycles. The van der Waals surface area contributed by atoms with Crippen LogP contribution in [-0.2, 0) is 4.74 Å². The smallest absolute Gasteiger partial charge is 0.319 e. The lowest BCUT2D eigenvalue weighted by atomic mass is 9.92. The summed E-state index contributed by atoms with van der Waals surface area (Å²) in [6.45, 7) is 3.44. The highest BCUT2D eigenvalue weighted by atomic mass is 19.1. The molecule has 0 bridgehead atoms. The highest BCUT2D eigenvalue weighted by molar-refractivity contribution is 6.04. The fraction of sp³-hybridized carbons (Fsp3) is 0.368. The van der Waals surface area contributed by atoms with Gasteiger partial charge < -0.3 is 24.8 Å². The quantitative estimate of drug-likeness (QED) is 0.232. The highest BCUT2D eigenvalue weighted by Gasteiger charge is 2.47. The largest absolute Gasteiger partial charge is 0.508 e. The molecule has 4 aromatic rings. The average molecular weight is 668 g/mol. The van der Waals surface area contributed by atoms with Gasteiger partial charge in [-0.1, -0.05) is 18.1 Å². The zero-order valence-electron chi connectivity index (χ0n) is 27.2. The van der Waals surface area contributed by atoms with Crippen LogP contribution in [0.15, 0.2) is 48.3 Å². The van der Waals surface area contributed by atoms with Crippen molar-refractivity contribution in [2.24, 2.45) is 0 Å². The first-order valence-corrected chi connectivity index (χ1v) is 16.2. The summed E-state index contributed by atoms with van der Waals surface area (Å²) in [6.07, 6.45) is 14.9. The van der Waals surface area contributed by atoms with Gasteiger partial charge in [0.15, 0.2) is 5.82 Å². The molecule has 4 heterocycles. The molecule has 0 spiro atoms. The molecule has 0 aliphatic carbocycles. The van der Waals surface area contributed by atoms with Crippen molar-refractivity contribution < 1.29 is 27.8 Å². The number of hydrogen-bond donors (Lipinski definition) is 2. The third kappa shape index (κ3) is 5.72. The number of nitrogens with one attached hydrogen (secondary N) is 1. The van der Waals surface area contributed by atoms with E-state index >= 15 is 4.39 Å². The van der Waals surface area contributed by atoms with Crippen molar-refractivity contribution in [3.63, 3.8) is 0 Å². The van der Waals surface area contributed by atoms with Crippen molar-refractivity contribution in [3.8, 4) is 47.6 Å². The normalized spacial score (nSPS) is 23.2. The molecular formula is C38H36F3N5O3. The van der Waals surface area contributed by atoms with Crippen molar-refractivity contribution in [2.75, 3.05) is 57.9 Å². The first kappa shape index (κ1) is 32.7. The van der Waals surface area contributed by atoms with Gasteiger partial charge in [-0.05, 0) is 66.6 Å². The Labute approximate surface area is 282 Å². The molecule has 2 N–H and O–H groups in total. The first-order valence-electron chi connectivity index (χ1n) is 16.2. The molecule has 11 heteroatoms. The van der Waals surface area contributed by atoms with Crippen molar-refractivity contribution in [2.45, 2.75) is 36.8 Å². The van der Waals surface area contributed by atoms with Crippen LogP contribution in [-0.4, -0.2) is 84.1 Å². The van der Waals surface area contributed by atoms with Crippen LogP contribution in [0.5, 0.6) is 11.8 Å². The van der Waals surface area contributed by atoms with E-state index in [2.05, 4.69) is 27.0 Å². The maximum atomic E-state index is 17.0. The Hall–Kier alpha value is -4.81. The predicted molar refractivity (Wildman–Crippen MR) is 183 cm³/mol. The van der Waals surface area contributed by atoms with Gasteiger partial charge in [0, 0.05) is 56.0 Å². The minimum Gasteiger partial charge on any atom is -0.508 e. The molecule has 3 aromatic carbocycles. The summed E-state index contributed by atoms with van der Waals surface area (Å²) in [6, 6.07) is 8.79. The second-order valence-electron chi connectivity index (χ2n) is 13.2. The molecule has 2 atom stereocenters. The second kappa shape index (κ2) is 12.9. The summed E-state index contributed by atoms with van der Waals surface area (Å²) in [5.74, 6) is 4.12. The molecule has 0 amide bonds. The van der Waals surface area contributed by atoms with Crippen LogP contribution in [0.2, 0.25) is 0 Å². The van der Waals surface area contributed by atoms with Gasteiger partial charge >= 0.3 is 6.01 Å². The Balaban J connectivity index is 1.38. The number of terminal acetylenes is 2. The lowest BCUT2D eigenvalue weighted by Gasteiger charge is -2.43. The van der Waals surface area contributed by atoms with E-state index in [4.69, 9.17) is 27.3 Å². The van der Waals surface area contributed by atoms with E-state index in [9.17, 15) is 13.9 Å². The number of ether oxygens (including phenoxy) is 2. The third-order valence-electron chi connectivity index (χ3n) is 10.1. The van der Waals surface area contributed by atoms with Crippen molar-refractivity contribution in [1.29, 1.82) is 0 Å². The summed E-state index contributed by atoms with van der Waals surface area (Å²) in [4.78, 5) is 13.7. The second-order valence-corrected chi connectivity index (χ2v) is 13.2. The molecule has 3 aliphatic heterocycles. The van der Waals surface area contributed by atoms with Crippen molar-refractivity contribution >= 4 is 27.5 Å². The van der Waals surface area contributed by atoms with Crippen LogP contribution < -0.4 is 15.0 Å². The summed E-state index contributed by atoms with van der Waals surface area (Å²) < 4.78 is 57.4. The van der Waals surface area contributed by atoms with Crippen LogP contribution in [0.1, 0.15) is 31.2 Å². The topological polar surface area (TPSA) is 83.0 Å². The van der Waals surface area contributed by atoms with E-state index < -0.39 is 22.7 Å². The SMILES string of the molecule is C#CC[C@]1(COC)CN(c2nc(OCC34CCCN3C/C(=C/F)C4)nc3c(F)c(-c4cc(O)cc5ccc(F)c(C#C)c45)ccc23)CCN1. The van der Waals surface area contributed by atoms with Gasteiger partial charge in [0.25, 0.3) is 0 Å². The Bertz CT molecular complexity index is 2070. The van der Waals surface area contributed by atoms with E-state index in [-0.39, 0.29) is 40.6 Å². The van der Waals surface area contributed by atoms with Crippen LogP contribution in [0.25, 0.3) is 32.8 Å². The number of benzene rings is 3. The molecule has 3 aliphatic rings. The summed E-state index contributed by atoms with van der Waals surface area (Å²) >= 11 is 0. The number of phenols is 1. The average Bonchev–Trinajstić information content (AvgIpc) is 3.65. The number of fused-ring (bicyclic) bond motifs is 3. The monoisotopic (exact) mass is 667 g/mol. The van der Waals surface area contributed by atoms with Gasteiger partial charge in [0.1, 0.15) is 29.5 Å². The standard InChI is InChI=1S/C38H36F3N5O3/c1-4-11-37(22-48-3)21-45(15-13-42-37)35-29-9-8-28(30-17-26(47)16-25-7-10-31(40)27(5-2)32(25)30)33(41)34(29)43-36(44-35)49-23-38-12-6-14-46(38)20-24(18-38)19-39/h1-2,7-10,16-17,19,42,47H,6,11-15,18,20-23H2,3H3/b24-19+/t37-,38?/m1/s1. The lowest BCUT2D eigenvalue weighted by Crippen LogP contribution is -2.63. The fourth-order valence-electron chi connectivity index (χ4n) is 7.94. The Morgan fingerprint density at radius 2 is 1.96 bits per heavy atom. The predicted octanol–water partition coefficient (Wildman–Crippen LogP) is 5.70. The molecule has 1 aromatic heterocycles. The molecule has 7 rings (SSSR count). The number of nitrogens with zero attached hydrogens (tertiary/aromatic N) is 4. The van der Waals surface area contributed by atoms with Crippen LogP contribution >= 0.6 is 0 Å². The fourth-order valence-corrected chi connectivity index (χ4v) is 7.94. The Morgan fingerprint density at radius 3 is 2.73 bits per heavy atom. The van der Waals surface area contributed by atoms with Gasteiger partial charge in [-0.3, -0.25) is 4.90 Å². The molecule has 0 radical (unpaired) electrons. The Kier molecular flexibility index (Phi) is 8.62. The molecule has 8 nitrogen and oxygen atoms in total. The number of halogens is 3. The molecular weight excluding hydrogens is 631 g/mol. The van der Waals surface area contributed by atoms with E-state index in [1.165, 1.54) is 24.3 Å². The van der Waals surface area contributed by atoms with Crippen molar-refractivity contribution in [3.05, 3.63) is 65.5 Å². The van der Waals surface area contributed by atoms with Crippen LogP contribution in [0.3, 0.4) is 0 Å². The van der Waals surface area contributed by atoms with Crippen LogP contribution in [0.4, 0.5) is 19.0 Å². The van der Waals surface area contributed by atoms with Crippen molar-refractivity contribution in [1.82, 2.24) is 20.2 Å². The molecule has 252 valence electrons. The maximum Gasteiger partial charge on any atom is 0.319 e. The summed E-state index contributed by atoms with van der Waals surface area (Å²) in [7, 11) is 1.61. The molecule has 0 saturated carbocycles. The van der Waals surface area contributed by atoms with E-state index in [0.29, 0.717) is 79.5 Å². The molecule has 1 unspecified atom stereocenters. The maximum absolute atomic E-state index is 17.0. The number of methoxy groups -OCH3 is 1. The minimum absolute atomic E-state index is 0.0166. The van der Waals surface area contributed by atoms with E-state index in [1.807, 2.05) is 4.90 Å². The van der Waals surface area contributed by atoms with Crippen LogP contribution in [0, 0.1) is 36.3 Å². The summed E-state index contributed by atoms with van der Waals surface area (Å²) in [5, 5.41) is 15.3. The highest BCUT2D eigenvalue weighted by Crippen LogP contribution is 2.43. The van der Waals surface area contributed by atoms with E-state index in [0.717, 1.165) is 19.4 Å². The molecule has 49 heavy (non-hydrogen) atoms. The number of rotatable bonds is 8. The lowest BCUT2D eigenvalue weighted by molar-refractivity contribution is 0.105. The van der Waals surface area contributed by atoms with Gasteiger partial charge in [-0.2, -0.15) is 9.97 Å². The Morgan fingerprint density at radius 1 is 1.10 bits per heavy atom. The van der Waals surface area contributed by atoms with Gasteiger partial charge in [0.05, 0.1) is 29.6 Å². The zero-order chi connectivity index (χ0) is 34.3. The third-order valence-corrected chi connectivity index (χ3v) is 10.1. The first-order chi connectivity index (χ1) is 23.7. The van der Waals surface area contributed by atoms with E-state index in [1.54, 1.807) is 19.2 Å². The molecule has 3 fully saturated rings. The number of phenolic OH excluding ortho intramolecular Hbond substituents is 1. The van der Waals surface area contributed by atoms with Gasteiger partial charge in [-0.15, -0.1) is 18.8 Å². The van der Waals surface area contributed by atoms with Gasteiger partial charge in [0.2, 0.25) is 0 Å². The zero-order valence-corrected chi connectivity index (χ0v) is 27.2. The number of aromatic nitrogens is 2. The number of anilines is 1.